The topological polar surface area (TPSA) is 70.9 Å². The lowest BCUT2D eigenvalue weighted by atomic mass is 10.2. The summed E-state index contributed by atoms with van der Waals surface area (Å²) in [6.45, 7) is 0.440. The van der Waals surface area contributed by atoms with Crippen LogP contribution in [0.25, 0.3) is 0 Å². The fourth-order valence-electron chi connectivity index (χ4n) is 2.35. The molecule has 0 aromatic heterocycles. The molecule has 0 radical (unpaired) electrons. The van der Waals surface area contributed by atoms with Crippen molar-refractivity contribution in [3.8, 4) is 5.75 Å². The lowest BCUT2D eigenvalue weighted by molar-refractivity contribution is 0.0697. The number of aromatic carboxylic acids is 1. The van der Waals surface area contributed by atoms with E-state index in [2.05, 4.69) is 10.5 Å². The van der Waals surface area contributed by atoms with Crippen molar-refractivity contribution in [2.45, 2.75) is 6.61 Å². The normalized spacial score (nSPS) is 10.7. The Hall–Kier alpha value is -3.31. The summed E-state index contributed by atoms with van der Waals surface area (Å²) in [5, 5.41) is 13.6. The van der Waals surface area contributed by atoms with E-state index in [1.807, 2.05) is 36.4 Å². The Labute approximate surface area is 161 Å². The van der Waals surface area contributed by atoms with Gasteiger partial charge in [0.1, 0.15) is 12.4 Å². The number of rotatable bonds is 7. The first-order chi connectivity index (χ1) is 13.1. The van der Waals surface area contributed by atoms with Crippen molar-refractivity contribution in [3.63, 3.8) is 0 Å². The second kappa shape index (κ2) is 8.87. The first-order valence-electron chi connectivity index (χ1n) is 8.20. The van der Waals surface area contributed by atoms with Gasteiger partial charge in [0.2, 0.25) is 0 Å². The van der Waals surface area contributed by atoms with E-state index in [1.165, 1.54) is 12.1 Å². The van der Waals surface area contributed by atoms with Crippen molar-refractivity contribution in [1.82, 2.24) is 0 Å². The third kappa shape index (κ3) is 5.33. The number of halogens is 1. The van der Waals surface area contributed by atoms with Crippen LogP contribution in [-0.2, 0) is 6.61 Å². The molecule has 136 valence electrons. The average molecular weight is 381 g/mol. The molecule has 3 rings (SSSR count). The number of ether oxygens (including phenoxy) is 1. The Kier molecular flexibility index (Phi) is 6.07. The molecule has 0 amide bonds. The lowest BCUT2D eigenvalue weighted by Crippen LogP contribution is -1.98. The zero-order chi connectivity index (χ0) is 19.1. The van der Waals surface area contributed by atoms with Gasteiger partial charge in [-0.3, -0.25) is 5.43 Å². The molecule has 0 heterocycles. The molecule has 5 nitrogen and oxygen atoms in total. The zero-order valence-electron chi connectivity index (χ0n) is 14.3. The summed E-state index contributed by atoms with van der Waals surface area (Å²) in [4.78, 5) is 11.0. The molecule has 27 heavy (non-hydrogen) atoms. The van der Waals surface area contributed by atoms with Crippen LogP contribution in [0.1, 0.15) is 21.5 Å². The van der Waals surface area contributed by atoms with E-state index in [0.29, 0.717) is 23.1 Å². The molecular weight excluding hydrogens is 364 g/mol. The fraction of sp³-hybridized carbons (Fsp3) is 0.0476. The van der Waals surface area contributed by atoms with Crippen LogP contribution in [0.2, 0.25) is 5.02 Å². The van der Waals surface area contributed by atoms with E-state index in [1.54, 1.807) is 30.5 Å². The summed E-state index contributed by atoms with van der Waals surface area (Å²) in [5.41, 5.74) is 5.43. The lowest BCUT2D eigenvalue weighted by Gasteiger charge is -2.08. The van der Waals surface area contributed by atoms with Gasteiger partial charge < -0.3 is 9.84 Å². The second-order valence-electron chi connectivity index (χ2n) is 5.72. The molecule has 0 saturated heterocycles. The van der Waals surface area contributed by atoms with Gasteiger partial charge >= 0.3 is 5.97 Å². The Morgan fingerprint density at radius 1 is 1.07 bits per heavy atom. The van der Waals surface area contributed by atoms with Crippen molar-refractivity contribution < 1.29 is 14.6 Å². The minimum atomic E-state index is -0.986. The summed E-state index contributed by atoms with van der Waals surface area (Å²) in [6, 6.07) is 21.6. The molecule has 0 bridgehead atoms. The molecule has 0 atom stereocenters. The smallest absolute Gasteiger partial charge is 0.335 e. The first kappa shape index (κ1) is 18.5. The summed E-state index contributed by atoms with van der Waals surface area (Å²) < 4.78 is 5.74. The largest absolute Gasteiger partial charge is 0.487 e. The average Bonchev–Trinajstić information content (AvgIpc) is 2.68. The van der Waals surface area contributed by atoms with Crippen molar-refractivity contribution in [2.75, 3.05) is 5.43 Å². The van der Waals surface area contributed by atoms with Gasteiger partial charge in [0.15, 0.2) is 0 Å². The zero-order valence-corrected chi connectivity index (χ0v) is 15.1. The molecule has 0 aliphatic heterocycles. The van der Waals surface area contributed by atoms with Gasteiger partial charge in [-0.25, -0.2) is 4.79 Å². The van der Waals surface area contributed by atoms with Crippen LogP contribution in [-0.4, -0.2) is 17.3 Å². The van der Waals surface area contributed by atoms with Gasteiger partial charge in [0, 0.05) is 0 Å². The number of carbonyl (C=O) groups is 1. The Morgan fingerprint density at radius 3 is 2.63 bits per heavy atom. The van der Waals surface area contributed by atoms with Crippen LogP contribution in [0.3, 0.4) is 0 Å². The molecule has 2 N–H and O–H groups in total. The molecule has 3 aromatic carbocycles. The first-order valence-corrected chi connectivity index (χ1v) is 8.58. The van der Waals surface area contributed by atoms with Gasteiger partial charge in [-0.2, -0.15) is 5.10 Å². The number of carboxylic acids is 1. The van der Waals surface area contributed by atoms with Crippen molar-refractivity contribution in [3.05, 3.63) is 94.5 Å². The number of benzene rings is 3. The highest BCUT2D eigenvalue weighted by molar-refractivity contribution is 6.32. The van der Waals surface area contributed by atoms with Gasteiger partial charge in [-0.15, -0.1) is 0 Å². The maximum Gasteiger partial charge on any atom is 0.335 e. The van der Waals surface area contributed by atoms with Crippen LogP contribution in [0.5, 0.6) is 5.75 Å². The molecule has 0 aliphatic rings. The van der Waals surface area contributed by atoms with Gasteiger partial charge in [0.25, 0.3) is 0 Å². The van der Waals surface area contributed by atoms with Crippen LogP contribution in [0.15, 0.2) is 77.9 Å². The summed E-state index contributed by atoms with van der Waals surface area (Å²) >= 11 is 6.27. The van der Waals surface area contributed by atoms with Crippen LogP contribution >= 0.6 is 11.6 Å². The van der Waals surface area contributed by atoms with Gasteiger partial charge in [-0.05, 0) is 47.5 Å². The predicted octanol–water partition coefficient (Wildman–Crippen LogP) is 5.06. The molecular formula is C21H17ClN2O3. The highest BCUT2D eigenvalue weighted by atomic mass is 35.5. The second-order valence-corrected chi connectivity index (χ2v) is 6.13. The van der Waals surface area contributed by atoms with Gasteiger partial charge in [-0.1, -0.05) is 48.0 Å². The quantitative estimate of drug-likeness (QED) is 0.443. The minimum Gasteiger partial charge on any atom is -0.487 e. The Bertz CT molecular complexity index is 959. The molecule has 0 unspecified atom stereocenters. The van der Waals surface area contributed by atoms with Crippen LogP contribution < -0.4 is 10.2 Å². The van der Waals surface area contributed by atoms with Crippen LogP contribution in [0, 0.1) is 0 Å². The number of anilines is 1. The van der Waals surface area contributed by atoms with E-state index in [4.69, 9.17) is 21.4 Å². The van der Waals surface area contributed by atoms with E-state index in [-0.39, 0.29) is 5.56 Å². The van der Waals surface area contributed by atoms with Gasteiger partial charge in [0.05, 0.1) is 22.5 Å². The number of nitrogens with zero attached hydrogens (tertiary/aromatic N) is 1. The van der Waals surface area contributed by atoms with Crippen molar-refractivity contribution in [2.24, 2.45) is 5.10 Å². The Morgan fingerprint density at radius 2 is 1.89 bits per heavy atom. The third-order valence-corrected chi connectivity index (χ3v) is 4.01. The number of hydrazone groups is 1. The number of carboxylic acid groups (broad SMARTS) is 1. The van der Waals surface area contributed by atoms with E-state index < -0.39 is 5.97 Å². The van der Waals surface area contributed by atoms with Crippen molar-refractivity contribution >= 4 is 29.5 Å². The highest BCUT2D eigenvalue weighted by Crippen LogP contribution is 2.26. The maximum atomic E-state index is 11.0. The van der Waals surface area contributed by atoms with Crippen molar-refractivity contribution in [1.29, 1.82) is 0 Å². The molecule has 0 spiro atoms. The SMILES string of the molecule is O=C(O)c1cccc(N/N=C/c2ccc(OCc3ccccc3)c(Cl)c2)c1. The van der Waals surface area contributed by atoms with E-state index >= 15 is 0 Å². The van der Waals surface area contributed by atoms with E-state index in [0.717, 1.165) is 11.1 Å². The van der Waals surface area contributed by atoms with E-state index in [9.17, 15) is 4.79 Å². The molecule has 3 aromatic rings. The number of hydrogen-bond donors (Lipinski definition) is 2. The number of hydrogen-bond acceptors (Lipinski definition) is 4. The maximum absolute atomic E-state index is 11.0. The standard InChI is InChI=1S/C21H17ClN2O3/c22-19-11-16(9-10-20(19)27-14-15-5-2-1-3-6-15)13-23-24-18-8-4-7-17(12-18)21(25)26/h1-13,24H,14H2,(H,25,26)/b23-13+. The minimum absolute atomic E-state index is 0.193. The predicted molar refractivity (Wildman–Crippen MR) is 107 cm³/mol. The number of nitrogens with one attached hydrogen (secondary N) is 1. The summed E-state index contributed by atoms with van der Waals surface area (Å²) in [7, 11) is 0. The summed E-state index contributed by atoms with van der Waals surface area (Å²) in [6.07, 6.45) is 1.60. The summed E-state index contributed by atoms with van der Waals surface area (Å²) in [5.74, 6) is -0.389. The van der Waals surface area contributed by atoms with Crippen LogP contribution in [0.4, 0.5) is 5.69 Å². The third-order valence-electron chi connectivity index (χ3n) is 3.71. The molecule has 0 aliphatic carbocycles. The highest BCUT2D eigenvalue weighted by Gasteiger charge is 2.04. The molecule has 6 heteroatoms. The molecule has 0 fully saturated rings. The fourth-order valence-corrected chi connectivity index (χ4v) is 2.60. The Balaban J connectivity index is 1.61. The molecule has 0 saturated carbocycles. The monoisotopic (exact) mass is 380 g/mol.